The van der Waals surface area contributed by atoms with Crippen molar-refractivity contribution in [1.82, 2.24) is 4.57 Å². The number of carboxylic acid groups (broad SMARTS) is 1. The lowest BCUT2D eigenvalue weighted by atomic mass is 9.47. The van der Waals surface area contributed by atoms with Crippen molar-refractivity contribution >= 4 is 33.4 Å². The molecule has 0 atom stereocenters. The Morgan fingerprint density at radius 2 is 1.86 bits per heavy atom. The Labute approximate surface area is 208 Å². The first-order valence-electron chi connectivity index (χ1n) is 12.4. The van der Waals surface area contributed by atoms with Gasteiger partial charge in [0.15, 0.2) is 5.78 Å². The summed E-state index contributed by atoms with van der Waals surface area (Å²) in [7, 11) is 1.66. The number of hydrogen-bond acceptors (Lipinski definition) is 3. The molecule has 0 bridgehead atoms. The smallest absolute Gasteiger partial charge is 0.306 e. The van der Waals surface area contributed by atoms with Crippen molar-refractivity contribution in [1.29, 1.82) is 0 Å². The zero-order valence-electron chi connectivity index (χ0n) is 20.2. The molecule has 0 amide bonds. The molecule has 36 heavy (non-hydrogen) atoms. The number of methoxy groups -OCH3 is 1. The maximum absolute atomic E-state index is 14.7. The summed E-state index contributed by atoms with van der Waals surface area (Å²) >= 11 is 0. The summed E-state index contributed by atoms with van der Waals surface area (Å²) < 4.78 is 22.1. The molecule has 2 fully saturated rings. The van der Waals surface area contributed by atoms with Gasteiger partial charge in [-0.2, -0.15) is 0 Å². The highest BCUT2D eigenvalue weighted by Crippen LogP contribution is 2.62. The van der Waals surface area contributed by atoms with Crippen molar-refractivity contribution in [3.8, 4) is 5.75 Å². The molecule has 2 saturated carbocycles. The number of benzene rings is 3. The lowest BCUT2D eigenvalue weighted by Gasteiger charge is -2.56. The minimum Gasteiger partial charge on any atom is -0.496 e. The molecule has 0 radical (unpaired) electrons. The average Bonchev–Trinajstić information content (AvgIpc) is 3.23. The second kappa shape index (κ2) is 8.47. The van der Waals surface area contributed by atoms with E-state index in [1.807, 2.05) is 41.1 Å². The lowest BCUT2D eigenvalue weighted by Crippen LogP contribution is -2.50. The van der Waals surface area contributed by atoms with Crippen LogP contribution in [0.5, 0.6) is 5.75 Å². The molecule has 6 rings (SSSR count). The summed E-state index contributed by atoms with van der Waals surface area (Å²) in [6, 6.07) is 16.8. The molecule has 0 saturated heterocycles. The average molecular weight is 486 g/mol. The molecule has 5 nitrogen and oxygen atoms in total. The van der Waals surface area contributed by atoms with Gasteiger partial charge in [-0.05, 0) is 78.3 Å². The van der Waals surface area contributed by atoms with Crippen LogP contribution in [-0.4, -0.2) is 28.5 Å². The normalized spacial score (nSPS) is 22.9. The minimum atomic E-state index is -0.708. The van der Waals surface area contributed by atoms with Gasteiger partial charge < -0.3 is 14.4 Å². The van der Waals surface area contributed by atoms with Gasteiger partial charge in [-0.15, -0.1) is 0 Å². The summed E-state index contributed by atoms with van der Waals surface area (Å²) in [5, 5.41) is 11.7. The Morgan fingerprint density at radius 1 is 1.06 bits per heavy atom. The maximum Gasteiger partial charge on any atom is 0.306 e. The van der Waals surface area contributed by atoms with Gasteiger partial charge in [0.25, 0.3) is 0 Å². The van der Waals surface area contributed by atoms with Crippen LogP contribution in [0.3, 0.4) is 0 Å². The molecule has 3 aromatic carbocycles. The van der Waals surface area contributed by atoms with Crippen LogP contribution in [0.1, 0.15) is 48.0 Å². The molecule has 1 N–H and O–H groups in total. The van der Waals surface area contributed by atoms with E-state index < -0.39 is 5.97 Å². The topological polar surface area (TPSA) is 68.5 Å². The third-order valence-corrected chi connectivity index (χ3v) is 8.28. The van der Waals surface area contributed by atoms with E-state index in [2.05, 4.69) is 6.07 Å². The highest BCUT2D eigenvalue weighted by Gasteiger charge is 2.54. The van der Waals surface area contributed by atoms with Crippen LogP contribution in [0.2, 0.25) is 0 Å². The van der Waals surface area contributed by atoms with Gasteiger partial charge in [-0.3, -0.25) is 9.59 Å². The zero-order valence-corrected chi connectivity index (χ0v) is 20.2. The van der Waals surface area contributed by atoms with E-state index in [0.717, 1.165) is 47.8 Å². The molecule has 1 spiro atoms. The van der Waals surface area contributed by atoms with Gasteiger partial charge >= 0.3 is 5.97 Å². The molecule has 0 unspecified atom stereocenters. The molecule has 0 aliphatic heterocycles. The van der Waals surface area contributed by atoms with Crippen LogP contribution in [0.4, 0.5) is 4.39 Å². The van der Waals surface area contributed by atoms with Gasteiger partial charge in [0.2, 0.25) is 0 Å². The number of carboxylic acids is 1. The van der Waals surface area contributed by atoms with E-state index in [1.165, 1.54) is 6.07 Å². The molecular weight excluding hydrogens is 457 g/mol. The summed E-state index contributed by atoms with van der Waals surface area (Å²) in [5.74, 6) is -0.153. The van der Waals surface area contributed by atoms with Crippen LogP contribution in [0.15, 0.2) is 60.8 Å². The van der Waals surface area contributed by atoms with E-state index >= 15 is 0 Å². The molecule has 6 heteroatoms. The number of carbonyl (C=O) groups excluding carboxylic acids is 1. The monoisotopic (exact) mass is 485 g/mol. The number of hydrogen-bond donors (Lipinski definition) is 1. The van der Waals surface area contributed by atoms with E-state index in [1.54, 1.807) is 19.2 Å². The Morgan fingerprint density at radius 3 is 2.61 bits per heavy atom. The lowest BCUT2D eigenvalue weighted by molar-refractivity contribution is -0.157. The quantitative estimate of drug-likeness (QED) is 0.305. The predicted molar refractivity (Wildman–Crippen MR) is 136 cm³/mol. The van der Waals surface area contributed by atoms with Gasteiger partial charge in [-0.1, -0.05) is 24.3 Å². The van der Waals surface area contributed by atoms with Crippen molar-refractivity contribution in [2.45, 2.75) is 38.6 Å². The first-order valence-corrected chi connectivity index (χ1v) is 12.4. The number of rotatable bonds is 7. The van der Waals surface area contributed by atoms with Gasteiger partial charge in [0.1, 0.15) is 11.6 Å². The van der Waals surface area contributed by atoms with Crippen molar-refractivity contribution in [2.24, 2.45) is 17.3 Å². The fourth-order valence-corrected chi connectivity index (χ4v) is 6.60. The van der Waals surface area contributed by atoms with E-state index in [-0.39, 0.29) is 28.9 Å². The third kappa shape index (κ3) is 3.76. The Kier molecular flexibility index (Phi) is 5.36. The van der Waals surface area contributed by atoms with Crippen LogP contribution in [0, 0.1) is 23.1 Å². The predicted octanol–water partition coefficient (Wildman–Crippen LogP) is 6.45. The van der Waals surface area contributed by atoms with E-state index in [9.17, 15) is 14.0 Å². The maximum atomic E-state index is 14.7. The molecular formula is C30H28FNO4. The molecule has 184 valence electrons. The number of ketones is 1. The Balaban J connectivity index is 1.24. The van der Waals surface area contributed by atoms with Crippen molar-refractivity contribution in [2.75, 3.05) is 7.11 Å². The fourth-order valence-electron chi connectivity index (χ4n) is 6.60. The van der Waals surface area contributed by atoms with Crippen LogP contribution >= 0.6 is 0 Å². The highest BCUT2D eigenvalue weighted by molar-refractivity contribution is 6.07. The first kappa shape index (κ1) is 22.8. The molecule has 2 aliphatic rings. The number of halogens is 1. The van der Waals surface area contributed by atoms with Crippen LogP contribution in [-0.2, 0) is 11.3 Å². The number of carbonyl (C=O) groups is 2. The second-order valence-electron chi connectivity index (χ2n) is 10.7. The SMILES string of the molecule is COc1cccc2cc(Cn3ccc4c(F)ccc(C(=O)CC5CC6(C5)CC(C(=O)O)C6)c43)ccc12. The molecule has 1 heterocycles. The van der Waals surface area contributed by atoms with Gasteiger partial charge in [-0.25, -0.2) is 4.39 Å². The standard InChI is InChI=1S/C30H28FNO4/c1-36-27-4-2-3-20-11-18(5-6-22(20)27)17-32-10-9-23-25(31)8-7-24(28(23)32)26(33)12-19-13-30(14-19)15-21(16-30)29(34)35/h2-11,19,21H,12-17H2,1H3,(H,34,35). The fraction of sp³-hybridized carbons (Fsp3) is 0.333. The van der Waals surface area contributed by atoms with Crippen LogP contribution < -0.4 is 4.74 Å². The number of aromatic nitrogens is 1. The summed E-state index contributed by atoms with van der Waals surface area (Å²) in [6.07, 6.45) is 5.55. The van der Waals surface area contributed by atoms with Crippen molar-refractivity contribution in [3.63, 3.8) is 0 Å². The molecule has 2 aliphatic carbocycles. The second-order valence-corrected chi connectivity index (χ2v) is 10.7. The van der Waals surface area contributed by atoms with Crippen LogP contribution in [0.25, 0.3) is 21.7 Å². The Bertz CT molecular complexity index is 1510. The van der Waals surface area contributed by atoms with E-state index in [0.29, 0.717) is 29.4 Å². The zero-order chi connectivity index (χ0) is 25.0. The number of fused-ring (bicyclic) bond motifs is 2. The summed E-state index contributed by atoms with van der Waals surface area (Å²) in [5.41, 5.74) is 2.37. The minimum absolute atomic E-state index is 0.0251. The van der Waals surface area contributed by atoms with Crippen molar-refractivity contribution in [3.05, 3.63) is 77.7 Å². The van der Waals surface area contributed by atoms with E-state index in [4.69, 9.17) is 9.84 Å². The van der Waals surface area contributed by atoms with Crippen molar-refractivity contribution < 1.29 is 23.8 Å². The van der Waals surface area contributed by atoms with Gasteiger partial charge in [0, 0.05) is 35.5 Å². The number of nitrogens with zero attached hydrogens (tertiary/aromatic N) is 1. The number of ether oxygens (including phenoxy) is 1. The number of Topliss-reactive ketones (excluding diaryl/α,β-unsaturated/α-hetero) is 1. The number of aliphatic carboxylic acids is 1. The summed E-state index contributed by atoms with van der Waals surface area (Å²) in [6.45, 7) is 0.517. The molecule has 4 aromatic rings. The molecule has 1 aromatic heterocycles. The first-order chi connectivity index (χ1) is 17.4. The van der Waals surface area contributed by atoms with Gasteiger partial charge in [0.05, 0.1) is 18.5 Å². The summed E-state index contributed by atoms with van der Waals surface area (Å²) in [4.78, 5) is 24.5. The Hall–Kier alpha value is -3.67. The third-order valence-electron chi connectivity index (χ3n) is 8.28. The largest absolute Gasteiger partial charge is 0.496 e. The highest BCUT2D eigenvalue weighted by atomic mass is 19.1.